The van der Waals surface area contributed by atoms with Crippen LogP contribution in [-0.4, -0.2) is 40.0 Å². The molecule has 0 spiro atoms. The Hall–Kier alpha value is -2.32. The van der Waals surface area contributed by atoms with Crippen LogP contribution in [0, 0.1) is 0 Å². The molecule has 1 fully saturated rings. The normalized spacial score (nSPS) is 16.7. The number of nitrogens with one attached hydrogen (secondary N) is 1. The molecule has 1 aromatic carbocycles. The van der Waals surface area contributed by atoms with E-state index in [0.717, 1.165) is 30.7 Å². The maximum Gasteiger partial charge on any atom is 0.318 e. The largest absolute Gasteiger partial charge is 0.376 e. The van der Waals surface area contributed by atoms with Gasteiger partial charge in [-0.1, -0.05) is 42.1 Å². The minimum absolute atomic E-state index is 0.0692. The van der Waals surface area contributed by atoms with Crippen LogP contribution in [0.1, 0.15) is 12.8 Å². The van der Waals surface area contributed by atoms with Crippen LogP contribution in [0.15, 0.2) is 41.7 Å². The molecule has 2 aromatic rings. The van der Waals surface area contributed by atoms with Gasteiger partial charge < -0.3 is 15.0 Å². The van der Waals surface area contributed by atoms with Gasteiger partial charge in [0.15, 0.2) is 5.16 Å². The highest BCUT2D eigenvalue weighted by molar-refractivity contribution is 7.99. The standard InChI is InChI=1S/C17H20N4O3S/c18-16(23)20-15(22)11-25-17-19-9-14(12-5-2-1-3-6-12)21(17)10-13-7-4-8-24-13/h1-3,5-6,9,13H,4,7-8,10-11H2,(H3,18,20,22,23)/t13-/m1/s1. The number of nitrogens with zero attached hydrogens (tertiary/aromatic N) is 2. The van der Waals surface area contributed by atoms with Gasteiger partial charge in [-0.15, -0.1) is 0 Å². The molecule has 2 heterocycles. The van der Waals surface area contributed by atoms with Gasteiger partial charge in [-0.05, 0) is 18.4 Å². The molecule has 25 heavy (non-hydrogen) atoms. The second kappa shape index (κ2) is 8.17. The van der Waals surface area contributed by atoms with Crippen LogP contribution in [0.4, 0.5) is 4.79 Å². The van der Waals surface area contributed by atoms with E-state index in [-0.39, 0.29) is 11.9 Å². The van der Waals surface area contributed by atoms with Crippen molar-refractivity contribution in [2.24, 2.45) is 5.73 Å². The summed E-state index contributed by atoms with van der Waals surface area (Å²) in [5.41, 5.74) is 7.00. The average Bonchev–Trinajstić information content (AvgIpc) is 3.24. The van der Waals surface area contributed by atoms with Crippen LogP contribution >= 0.6 is 11.8 Å². The highest BCUT2D eigenvalue weighted by atomic mass is 32.2. The zero-order valence-corrected chi connectivity index (χ0v) is 14.5. The molecule has 1 aliphatic heterocycles. The minimum atomic E-state index is -0.849. The molecule has 3 N–H and O–H groups in total. The van der Waals surface area contributed by atoms with Crippen molar-refractivity contribution in [1.29, 1.82) is 0 Å². The van der Waals surface area contributed by atoms with Crippen LogP contribution in [0.3, 0.4) is 0 Å². The van der Waals surface area contributed by atoms with Gasteiger partial charge in [0.1, 0.15) is 0 Å². The maximum atomic E-state index is 11.7. The third kappa shape index (κ3) is 4.61. The lowest BCUT2D eigenvalue weighted by Crippen LogP contribution is -2.36. The van der Waals surface area contributed by atoms with Gasteiger partial charge in [0, 0.05) is 6.61 Å². The fourth-order valence-electron chi connectivity index (χ4n) is 2.79. The number of aromatic nitrogens is 2. The minimum Gasteiger partial charge on any atom is -0.376 e. The van der Waals surface area contributed by atoms with E-state index in [4.69, 9.17) is 10.5 Å². The van der Waals surface area contributed by atoms with E-state index in [1.54, 1.807) is 6.20 Å². The highest BCUT2D eigenvalue weighted by Gasteiger charge is 2.21. The Morgan fingerprint density at radius 2 is 2.16 bits per heavy atom. The number of imide groups is 1. The third-order valence-corrected chi connectivity index (χ3v) is 4.88. The lowest BCUT2D eigenvalue weighted by molar-refractivity contribution is -0.117. The molecule has 0 radical (unpaired) electrons. The van der Waals surface area contributed by atoms with E-state index in [2.05, 4.69) is 14.9 Å². The first-order chi connectivity index (χ1) is 12.1. The molecule has 1 aliphatic rings. The van der Waals surface area contributed by atoms with Crippen molar-refractivity contribution >= 4 is 23.7 Å². The number of carbonyl (C=O) groups is 2. The van der Waals surface area contributed by atoms with Crippen LogP contribution < -0.4 is 11.1 Å². The second-order valence-corrected chi connectivity index (χ2v) is 6.68. The molecule has 0 bridgehead atoms. The van der Waals surface area contributed by atoms with Crippen molar-refractivity contribution < 1.29 is 14.3 Å². The van der Waals surface area contributed by atoms with Crippen LogP contribution in [0.2, 0.25) is 0 Å². The van der Waals surface area contributed by atoms with Crippen molar-refractivity contribution in [1.82, 2.24) is 14.9 Å². The van der Waals surface area contributed by atoms with Gasteiger partial charge in [0.05, 0.1) is 30.3 Å². The van der Waals surface area contributed by atoms with Gasteiger partial charge in [-0.2, -0.15) is 0 Å². The van der Waals surface area contributed by atoms with E-state index in [1.807, 2.05) is 30.3 Å². The van der Waals surface area contributed by atoms with E-state index in [0.29, 0.717) is 11.7 Å². The number of nitrogens with two attached hydrogens (primary N) is 1. The summed E-state index contributed by atoms with van der Waals surface area (Å²) in [7, 11) is 0. The Balaban J connectivity index is 1.80. The van der Waals surface area contributed by atoms with Gasteiger partial charge in [-0.25, -0.2) is 9.78 Å². The first-order valence-corrected chi connectivity index (χ1v) is 9.06. The summed E-state index contributed by atoms with van der Waals surface area (Å²) in [5.74, 6) is -0.370. The topological polar surface area (TPSA) is 99.2 Å². The summed E-state index contributed by atoms with van der Waals surface area (Å²) < 4.78 is 7.83. The number of ether oxygens (including phenoxy) is 1. The molecule has 0 aliphatic carbocycles. The fourth-order valence-corrected chi connectivity index (χ4v) is 3.57. The predicted molar refractivity (Wildman–Crippen MR) is 95.1 cm³/mol. The van der Waals surface area contributed by atoms with Crippen LogP contribution in [0.25, 0.3) is 11.3 Å². The Morgan fingerprint density at radius 3 is 2.84 bits per heavy atom. The number of thioether (sulfide) groups is 1. The Bertz CT molecular complexity index is 742. The summed E-state index contributed by atoms with van der Waals surface area (Å²) in [4.78, 5) is 26.9. The zero-order chi connectivity index (χ0) is 17.6. The van der Waals surface area contributed by atoms with Crippen molar-refractivity contribution in [2.75, 3.05) is 12.4 Å². The van der Waals surface area contributed by atoms with E-state index < -0.39 is 11.9 Å². The number of urea groups is 1. The second-order valence-electron chi connectivity index (χ2n) is 5.74. The lowest BCUT2D eigenvalue weighted by atomic mass is 10.1. The number of rotatable bonds is 6. The summed E-state index contributed by atoms with van der Waals surface area (Å²) in [6.07, 6.45) is 4.02. The number of benzene rings is 1. The highest BCUT2D eigenvalue weighted by Crippen LogP contribution is 2.28. The van der Waals surface area contributed by atoms with Crippen molar-refractivity contribution in [2.45, 2.75) is 30.6 Å². The van der Waals surface area contributed by atoms with Crippen molar-refractivity contribution in [3.63, 3.8) is 0 Å². The molecule has 1 saturated heterocycles. The summed E-state index contributed by atoms with van der Waals surface area (Å²) in [6.45, 7) is 1.47. The molecule has 3 rings (SSSR count). The van der Waals surface area contributed by atoms with E-state index in [9.17, 15) is 9.59 Å². The summed E-state index contributed by atoms with van der Waals surface area (Å²) >= 11 is 1.27. The Morgan fingerprint density at radius 1 is 1.36 bits per heavy atom. The van der Waals surface area contributed by atoms with E-state index in [1.165, 1.54) is 11.8 Å². The van der Waals surface area contributed by atoms with Crippen molar-refractivity contribution in [3.8, 4) is 11.3 Å². The number of carbonyl (C=O) groups excluding carboxylic acids is 2. The number of hydrogen-bond acceptors (Lipinski definition) is 5. The first kappa shape index (κ1) is 17.5. The summed E-state index contributed by atoms with van der Waals surface area (Å²) in [5, 5.41) is 2.78. The van der Waals surface area contributed by atoms with Gasteiger partial charge in [0.2, 0.25) is 5.91 Å². The number of imidazole rings is 1. The van der Waals surface area contributed by atoms with Gasteiger partial charge in [-0.3, -0.25) is 10.1 Å². The number of amides is 3. The van der Waals surface area contributed by atoms with Gasteiger partial charge in [0.25, 0.3) is 0 Å². The SMILES string of the molecule is NC(=O)NC(=O)CSc1ncc(-c2ccccc2)n1C[C@H]1CCCO1. The van der Waals surface area contributed by atoms with Gasteiger partial charge >= 0.3 is 6.03 Å². The average molecular weight is 360 g/mol. The first-order valence-electron chi connectivity index (χ1n) is 8.08. The number of hydrogen-bond donors (Lipinski definition) is 2. The van der Waals surface area contributed by atoms with Crippen molar-refractivity contribution in [3.05, 3.63) is 36.5 Å². The monoisotopic (exact) mass is 360 g/mol. The van der Waals surface area contributed by atoms with E-state index >= 15 is 0 Å². The molecule has 3 amide bonds. The molecule has 132 valence electrons. The quantitative estimate of drug-likeness (QED) is 0.768. The predicted octanol–water partition coefficient (Wildman–Crippen LogP) is 2.02. The summed E-state index contributed by atoms with van der Waals surface area (Å²) in [6, 6.07) is 9.12. The molecule has 1 atom stereocenters. The lowest BCUT2D eigenvalue weighted by Gasteiger charge is -2.16. The molecular weight excluding hydrogens is 340 g/mol. The molecular formula is C17H20N4O3S. The molecule has 1 aromatic heterocycles. The molecule has 7 nitrogen and oxygen atoms in total. The fraction of sp³-hybridized carbons (Fsp3) is 0.353. The zero-order valence-electron chi connectivity index (χ0n) is 13.7. The smallest absolute Gasteiger partial charge is 0.318 e. The Kier molecular flexibility index (Phi) is 5.72. The maximum absolute atomic E-state index is 11.7. The number of primary amides is 1. The third-order valence-electron chi connectivity index (χ3n) is 3.89. The molecule has 0 saturated carbocycles. The molecule has 0 unspecified atom stereocenters. The van der Waals surface area contributed by atoms with Crippen LogP contribution in [0.5, 0.6) is 0 Å². The Labute approximate surface area is 149 Å². The molecule has 8 heteroatoms. The van der Waals surface area contributed by atoms with Crippen LogP contribution in [-0.2, 0) is 16.1 Å².